The lowest BCUT2D eigenvalue weighted by Gasteiger charge is -2.40. The maximum absolute atomic E-state index is 13.3. The smallest absolute Gasteiger partial charge is 0.272 e. The summed E-state index contributed by atoms with van der Waals surface area (Å²) >= 11 is 0. The molecule has 1 fully saturated rings. The average molecular weight is 383 g/mol. The first-order chi connectivity index (χ1) is 13.3. The van der Waals surface area contributed by atoms with E-state index in [1.54, 1.807) is 11.0 Å². The SMILES string of the molecule is CC(C)CC1CN(C(=O)c2cc(-c3ccccc3)n[nH]2)C(CC(C)C)C(=O)N1. The molecule has 2 amide bonds. The fraction of sp³-hybridized carbons (Fsp3) is 0.500. The zero-order chi connectivity index (χ0) is 20.3. The number of nitrogens with one attached hydrogen (secondary N) is 2. The van der Waals surface area contributed by atoms with E-state index in [0.29, 0.717) is 30.5 Å². The van der Waals surface area contributed by atoms with Crippen molar-refractivity contribution in [3.05, 3.63) is 42.1 Å². The Bertz CT molecular complexity index is 813. The van der Waals surface area contributed by atoms with Crippen LogP contribution in [-0.4, -0.2) is 45.5 Å². The Morgan fingerprint density at radius 2 is 1.82 bits per heavy atom. The Balaban J connectivity index is 1.85. The second kappa shape index (κ2) is 8.59. The van der Waals surface area contributed by atoms with Crippen molar-refractivity contribution in [2.24, 2.45) is 11.8 Å². The van der Waals surface area contributed by atoms with Gasteiger partial charge in [0.05, 0.1) is 5.69 Å². The van der Waals surface area contributed by atoms with Gasteiger partial charge in [-0.1, -0.05) is 58.0 Å². The van der Waals surface area contributed by atoms with Crippen LogP contribution in [0.5, 0.6) is 0 Å². The lowest BCUT2D eigenvalue weighted by atomic mass is 9.94. The molecule has 1 aliphatic heterocycles. The topological polar surface area (TPSA) is 78.1 Å². The summed E-state index contributed by atoms with van der Waals surface area (Å²) in [6.07, 6.45) is 1.49. The van der Waals surface area contributed by atoms with Gasteiger partial charge in [-0.3, -0.25) is 14.7 Å². The van der Waals surface area contributed by atoms with Crippen LogP contribution in [0.3, 0.4) is 0 Å². The Labute approximate surface area is 166 Å². The van der Waals surface area contributed by atoms with E-state index in [9.17, 15) is 9.59 Å². The quantitative estimate of drug-likeness (QED) is 0.803. The van der Waals surface area contributed by atoms with Gasteiger partial charge in [0.25, 0.3) is 5.91 Å². The Morgan fingerprint density at radius 1 is 1.14 bits per heavy atom. The number of benzene rings is 1. The molecule has 1 saturated heterocycles. The maximum atomic E-state index is 13.3. The van der Waals surface area contributed by atoms with Gasteiger partial charge >= 0.3 is 0 Å². The predicted octanol–water partition coefficient (Wildman–Crippen LogP) is 3.48. The molecule has 150 valence electrons. The number of carbonyl (C=O) groups is 2. The standard InChI is InChI=1S/C22H30N4O2/c1-14(2)10-17-13-26(20(11-15(3)4)21(27)23-17)22(28)19-12-18(24-25-19)16-8-6-5-7-9-16/h5-9,12,14-15,17,20H,10-11,13H2,1-4H3,(H,23,27)(H,24,25). The van der Waals surface area contributed by atoms with Crippen LogP contribution in [-0.2, 0) is 4.79 Å². The van der Waals surface area contributed by atoms with E-state index in [-0.39, 0.29) is 17.9 Å². The van der Waals surface area contributed by atoms with Crippen LogP contribution in [0, 0.1) is 11.8 Å². The molecule has 0 saturated carbocycles. The number of rotatable bonds is 6. The van der Waals surface area contributed by atoms with Crippen molar-refractivity contribution in [1.29, 1.82) is 0 Å². The molecule has 1 aromatic heterocycles. The monoisotopic (exact) mass is 382 g/mol. The van der Waals surface area contributed by atoms with Gasteiger partial charge in [0, 0.05) is 18.2 Å². The van der Waals surface area contributed by atoms with Crippen molar-refractivity contribution in [3.8, 4) is 11.3 Å². The number of piperazine rings is 1. The summed E-state index contributed by atoms with van der Waals surface area (Å²) < 4.78 is 0. The number of hydrogen-bond donors (Lipinski definition) is 2. The summed E-state index contributed by atoms with van der Waals surface area (Å²) in [4.78, 5) is 27.8. The van der Waals surface area contributed by atoms with Crippen LogP contribution >= 0.6 is 0 Å². The number of aromatic nitrogens is 2. The lowest BCUT2D eigenvalue weighted by Crippen LogP contribution is -2.62. The first kappa shape index (κ1) is 20.1. The number of carbonyl (C=O) groups excluding carboxylic acids is 2. The van der Waals surface area contributed by atoms with Crippen LogP contribution in [0.25, 0.3) is 11.3 Å². The third kappa shape index (κ3) is 4.61. The third-order valence-corrected chi connectivity index (χ3v) is 5.03. The molecule has 2 unspecified atom stereocenters. The molecule has 0 spiro atoms. The highest BCUT2D eigenvalue weighted by molar-refractivity contribution is 5.97. The molecular formula is C22H30N4O2. The second-order valence-electron chi connectivity index (χ2n) is 8.47. The minimum absolute atomic E-state index is 0.0172. The number of nitrogens with zero attached hydrogens (tertiary/aromatic N) is 2. The van der Waals surface area contributed by atoms with Gasteiger partial charge in [-0.2, -0.15) is 5.10 Å². The van der Waals surface area contributed by atoms with Crippen molar-refractivity contribution in [2.75, 3.05) is 6.54 Å². The molecule has 2 N–H and O–H groups in total. The summed E-state index contributed by atoms with van der Waals surface area (Å²) in [5.41, 5.74) is 2.10. The Hall–Kier alpha value is -2.63. The highest BCUT2D eigenvalue weighted by Gasteiger charge is 2.38. The molecule has 28 heavy (non-hydrogen) atoms. The molecule has 6 heteroatoms. The van der Waals surface area contributed by atoms with E-state index < -0.39 is 6.04 Å². The Kier molecular flexibility index (Phi) is 6.17. The molecule has 1 aromatic carbocycles. The van der Waals surface area contributed by atoms with Crippen molar-refractivity contribution in [1.82, 2.24) is 20.4 Å². The van der Waals surface area contributed by atoms with Gasteiger partial charge < -0.3 is 10.2 Å². The third-order valence-electron chi connectivity index (χ3n) is 5.03. The Morgan fingerprint density at radius 3 is 2.46 bits per heavy atom. The number of amides is 2. The molecule has 2 atom stereocenters. The van der Waals surface area contributed by atoms with Gasteiger partial charge in [-0.25, -0.2) is 0 Å². The second-order valence-corrected chi connectivity index (χ2v) is 8.47. The van der Waals surface area contributed by atoms with Crippen molar-refractivity contribution >= 4 is 11.8 Å². The van der Waals surface area contributed by atoms with Crippen molar-refractivity contribution < 1.29 is 9.59 Å². The predicted molar refractivity (Wildman–Crippen MR) is 110 cm³/mol. The van der Waals surface area contributed by atoms with Gasteiger partial charge in [0.2, 0.25) is 5.91 Å². The van der Waals surface area contributed by atoms with E-state index in [4.69, 9.17) is 0 Å². The summed E-state index contributed by atoms with van der Waals surface area (Å²) in [5, 5.41) is 10.3. The van der Waals surface area contributed by atoms with Gasteiger partial charge in [0.15, 0.2) is 0 Å². The van der Waals surface area contributed by atoms with E-state index >= 15 is 0 Å². The van der Waals surface area contributed by atoms with Crippen LogP contribution in [0.15, 0.2) is 36.4 Å². The van der Waals surface area contributed by atoms with Crippen molar-refractivity contribution in [2.45, 2.75) is 52.6 Å². The van der Waals surface area contributed by atoms with E-state index in [1.165, 1.54) is 0 Å². The van der Waals surface area contributed by atoms with Crippen LogP contribution in [0.1, 0.15) is 51.0 Å². The molecule has 0 radical (unpaired) electrons. The molecule has 0 aliphatic carbocycles. The number of hydrogen-bond acceptors (Lipinski definition) is 3. The number of aromatic amines is 1. The highest BCUT2D eigenvalue weighted by Crippen LogP contribution is 2.23. The fourth-order valence-corrected chi connectivity index (χ4v) is 3.80. The molecule has 0 bridgehead atoms. The minimum Gasteiger partial charge on any atom is -0.350 e. The summed E-state index contributed by atoms with van der Waals surface area (Å²) in [5.74, 6) is 0.542. The largest absolute Gasteiger partial charge is 0.350 e. The number of H-pyrrole nitrogens is 1. The normalized spacial score (nSPS) is 19.9. The molecule has 3 rings (SSSR count). The summed E-state index contributed by atoms with van der Waals surface area (Å²) in [7, 11) is 0. The summed E-state index contributed by atoms with van der Waals surface area (Å²) in [6.45, 7) is 8.92. The maximum Gasteiger partial charge on any atom is 0.272 e. The zero-order valence-electron chi connectivity index (χ0n) is 17.1. The van der Waals surface area contributed by atoms with E-state index in [2.05, 4.69) is 43.2 Å². The van der Waals surface area contributed by atoms with E-state index in [0.717, 1.165) is 17.7 Å². The molecule has 6 nitrogen and oxygen atoms in total. The van der Waals surface area contributed by atoms with Gasteiger partial charge in [-0.15, -0.1) is 0 Å². The van der Waals surface area contributed by atoms with E-state index in [1.807, 2.05) is 30.3 Å². The molecular weight excluding hydrogens is 352 g/mol. The van der Waals surface area contributed by atoms with Crippen LogP contribution < -0.4 is 5.32 Å². The fourth-order valence-electron chi connectivity index (χ4n) is 3.80. The molecule has 2 aromatic rings. The molecule has 2 heterocycles. The van der Waals surface area contributed by atoms with Crippen LogP contribution in [0.4, 0.5) is 0 Å². The summed E-state index contributed by atoms with van der Waals surface area (Å²) in [6, 6.07) is 11.0. The van der Waals surface area contributed by atoms with Crippen molar-refractivity contribution in [3.63, 3.8) is 0 Å². The minimum atomic E-state index is -0.445. The lowest BCUT2D eigenvalue weighted by molar-refractivity contribution is -0.130. The van der Waals surface area contributed by atoms with Gasteiger partial charge in [-0.05, 0) is 30.7 Å². The molecule has 1 aliphatic rings. The van der Waals surface area contributed by atoms with Gasteiger partial charge in [0.1, 0.15) is 11.7 Å². The zero-order valence-corrected chi connectivity index (χ0v) is 17.1. The average Bonchev–Trinajstić information content (AvgIpc) is 3.13. The highest BCUT2D eigenvalue weighted by atomic mass is 16.2. The first-order valence-corrected chi connectivity index (χ1v) is 10.1. The van der Waals surface area contributed by atoms with Crippen LogP contribution in [0.2, 0.25) is 0 Å². The first-order valence-electron chi connectivity index (χ1n) is 10.1.